The zero-order valence-electron chi connectivity index (χ0n) is 24.3. The van der Waals surface area contributed by atoms with Crippen LogP contribution in [0.25, 0.3) is 0 Å². The van der Waals surface area contributed by atoms with Gasteiger partial charge in [-0.15, -0.1) is 5.10 Å². The summed E-state index contributed by atoms with van der Waals surface area (Å²) >= 11 is 0. The van der Waals surface area contributed by atoms with Gasteiger partial charge in [0.1, 0.15) is 5.60 Å². The minimum atomic E-state index is -0.539. The maximum atomic E-state index is 12.2. The Bertz CT molecular complexity index is 1130. The monoisotopic (exact) mass is 523 g/mol. The lowest BCUT2D eigenvalue weighted by atomic mass is 9.54. The molecule has 0 bridgehead atoms. The van der Waals surface area contributed by atoms with Crippen LogP contribution in [0.5, 0.6) is 0 Å². The fourth-order valence-electron chi connectivity index (χ4n) is 6.56. The molecule has 2 aromatic rings. The molecule has 0 radical (unpaired) electrons. The molecular weight excluding hydrogens is 478 g/mol. The highest BCUT2D eigenvalue weighted by atomic mass is 16.6. The van der Waals surface area contributed by atoms with Gasteiger partial charge in [0.25, 0.3) is 0 Å². The van der Waals surface area contributed by atoms with Crippen molar-refractivity contribution in [1.82, 2.24) is 24.9 Å². The maximum Gasteiger partial charge on any atom is 0.359 e. The molecule has 2 fully saturated rings. The van der Waals surface area contributed by atoms with E-state index in [1.807, 2.05) is 45.6 Å². The van der Waals surface area contributed by atoms with Gasteiger partial charge < -0.3 is 9.64 Å². The lowest BCUT2D eigenvalue weighted by Crippen LogP contribution is -2.42. The second-order valence-corrected chi connectivity index (χ2v) is 12.3. The molecule has 2 aromatic heterocycles. The largest absolute Gasteiger partial charge is 0.455 e. The number of esters is 1. The molecule has 5 rings (SSSR count). The molecule has 1 aliphatic heterocycles. The third kappa shape index (κ3) is 6.10. The number of carbonyl (C=O) groups excluding carboxylic acids is 2. The molecule has 0 aromatic carbocycles. The van der Waals surface area contributed by atoms with E-state index in [1.165, 1.54) is 49.8 Å². The van der Waals surface area contributed by atoms with E-state index in [9.17, 15) is 9.59 Å². The quantitative estimate of drug-likeness (QED) is 0.483. The first-order valence-electron chi connectivity index (χ1n) is 14.4. The van der Waals surface area contributed by atoms with Crippen LogP contribution in [-0.4, -0.2) is 48.9 Å². The van der Waals surface area contributed by atoms with Gasteiger partial charge >= 0.3 is 5.97 Å². The predicted octanol–water partition coefficient (Wildman–Crippen LogP) is 5.62. The van der Waals surface area contributed by atoms with Gasteiger partial charge in [-0.2, -0.15) is 10.2 Å². The molecule has 2 aliphatic carbocycles. The molecule has 8 nitrogen and oxygen atoms in total. The van der Waals surface area contributed by atoms with Crippen molar-refractivity contribution in [1.29, 1.82) is 0 Å². The summed E-state index contributed by atoms with van der Waals surface area (Å²) in [7, 11) is 0. The minimum Gasteiger partial charge on any atom is -0.455 e. The van der Waals surface area contributed by atoms with Crippen LogP contribution in [0, 0.1) is 18.3 Å². The van der Waals surface area contributed by atoms with Crippen LogP contribution >= 0.6 is 0 Å². The van der Waals surface area contributed by atoms with Crippen molar-refractivity contribution in [3.63, 3.8) is 0 Å². The predicted molar refractivity (Wildman–Crippen MR) is 147 cm³/mol. The van der Waals surface area contributed by atoms with E-state index < -0.39 is 11.6 Å². The average Bonchev–Trinajstić information content (AvgIpc) is 3.20. The van der Waals surface area contributed by atoms with Crippen LogP contribution in [0.4, 0.5) is 0 Å². The van der Waals surface area contributed by atoms with Gasteiger partial charge in [-0.1, -0.05) is 13.8 Å². The summed E-state index contributed by atoms with van der Waals surface area (Å²) in [5.41, 5.74) is 4.85. The summed E-state index contributed by atoms with van der Waals surface area (Å²) < 4.78 is 7.69. The smallest absolute Gasteiger partial charge is 0.359 e. The molecule has 0 N–H and O–H groups in total. The van der Waals surface area contributed by atoms with Crippen molar-refractivity contribution in [2.45, 2.75) is 118 Å². The van der Waals surface area contributed by atoms with Gasteiger partial charge in [-0.3, -0.25) is 9.48 Å². The first kappa shape index (κ1) is 28.2. The number of amides is 1. The number of aryl methyl sites for hydroxylation is 1. The molecule has 8 heteroatoms. The lowest BCUT2D eigenvalue weighted by Gasteiger charge is -2.52. The van der Waals surface area contributed by atoms with Gasteiger partial charge in [0.05, 0.1) is 17.4 Å². The van der Waals surface area contributed by atoms with Crippen LogP contribution < -0.4 is 0 Å². The van der Waals surface area contributed by atoms with Crippen LogP contribution in [0.1, 0.15) is 119 Å². The first-order valence-corrected chi connectivity index (χ1v) is 14.4. The highest BCUT2D eigenvalue weighted by molar-refractivity contribution is 5.87. The molecule has 3 aliphatic rings. The van der Waals surface area contributed by atoms with Crippen molar-refractivity contribution in [3.05, 3.63) is 40.5 Å². The zero-order chi connectivity index (χ0) is 27.7. The zero-order valence-corrected chi connectivity index (χ0v) is 24.3. The van der Waals surface area contributed by atoms with Crippen LogP contribution in [0.3, 0.4) is 0 Å². The Morgan fingerprint density at radius 2 is 1.79 bits per heavy atom. The number of hydrogen-bond acceptors (Lipinski definition) is 6. The Morgan fingerprint density at radius 3 is 2.37 bits per heavy atom. The Morgan fingerprint density at radius 1 is 1.11 bits per heavy atom. The minimum absolute atomic E-state index is 0.150. The van der Waals surface area contributed by atoms with Crippen molar-refractivity contribution >= 4 is 11.9 Å². The van der Waals surface area contributed by atoms with Gasteiger partial charge in [0.15, 0.2) is 5.69 Å². The highest BCUT2D eigenvalue weighted by Gasteiger charge is 2.46. The molecule has 2 saturated carbocycles. The van der Waals surface area contributed by atoms with Gasteiger partial charge in [0.2, 0.25) is 5.91 Å². The summed E-state index contributed by atoms with van der Waals surface area (Å²) in [4.78, 5) is 25.9. The Kier molecular flexibility index (Phi) is 8.29. The number of fused-ring (bicyclic) bond motifs is 1. The SMILES string of the molecule is CC.CC(=O)N1CCc2c(c(C)nn2C2CCC3(CC2)CC(Cc2ccc(C(=O)OC(C)(C)C)nn2)C3)C1. The summed E-state index contributed by atoms with van der Waals surface area (Å²) in [6, 6.07) is 4.13. The van der Waals surface area contributed by atoms with E-state index in [0.29, 0.717) is 23.9 Å². The number of hydrogen-bond donors (Lipinski definition) is 0. The van der Waals surface area contributed by atoms with Crippen molar-refractivity contribution < 1.29 is 14.3 Å². The summed E-state index contributed by atoms with van der Waals surface area (Å²) in [5, 5.41) is 13.4. The highest BCUT2D eigenvalue weighted by Crippen LogP contribution is 2.57. The van der Waals surface area contributed by atoms with E-state index in [0.717, 1.165) is 30.8 Å². The Balaban J connectivity index is 0.00000164. The number of rotatable bonds is 4. The Labute approximate surface area is 227 Å². The molecule has 3 heterocycles. The van der Waals surface area contributed by atoms with Crippen molar-refractivity contribution in [2.24, 2.45) is 11.3 Å². The number of ether oxygens (including phenoxy) is 1. The standard InChI is InChI=1S/C28H39N5O3.C2H6/c1-18-23-17-32(19(2)34)13-10-25(23)33(31-18)22-8-11-28(12-9-22)15-20(16-28)14-21-6-7-24(30-29-21)26(35)36-27(3,4)5;1-2/h6-7,20,22H,8-17H2,1-5H3;1-2H3. The van der Waals surface area contributed by atoms with E-state index in [1.54, 1.807) is 13.0 Å². The third-order valence-corrected chi connectivity index (χ3v) is 8.36. The summed E-state index contributed by atoms with van der Waals surface area (Å²) in [5.74, 6) is 0.364. The fourth-order valence-corrected chi connectivity index (χ4v) is 6.56. The molecule has 38 heavy (non-hydrogen) atoms. The van der Waals surface area contributed by atoms with E-state index >= 15 is 0 Å². The van der Waals surface area contributed by atoms with Gasteiger partial charge in [-0.05, 0) is 96.1 Å². The Hall–Kier alpha value is -2.77. The number of carbonyl (C=O) groups is 2. The van der Waals surface area contributed by atoms with Gasteiger partial charge in [0, 0.05) is 37.7 Å². The molecule has 1 spiro atoms. The molecular formula is C30H45N5O3. The van der Waals surface area contributed by atoms with E-state index in [4.69, 9.17) is 9.84 Å². The summed E-state index contributed by atoms with van der Waals surface area (Å²) in [6.45, 7) is 14.8. The van der Waals surface area contributed by atoms with E-state index in [2.05, 4.69) is 21.8 Å². The van der Waals surface area contributed by atoms with Crippen molar-refractivity contribution in [3.8, 4) is 0 Å². The molecule has 0 atom stereocenters. The molecule has 208 valence electrons. The second-order valence-electron chi connectivity index (χ2n) is 12.3. The topological polar surface area (TPSA) is 90.2 Å². The second kappa shape index (κ2) is 11.1. The third-order valence-electron chi connectivity index (χ3n) is 8.36. The normalized spacial score (nSPS) is 24.7. The fraction of sp³-hybridized carbons (Fsp3) is 0.700. The van der Waals surface area contributed by atoms with Crippen LogP contribution in [-0.2, 0) is 28.9 Å². The maximum absolute atomic E-state index is 12.2. The van der Waals surface area contributed by atoms with Crippen molar-refractivity contribution in [2.75, 3.05) is 6.54 Å². The molecule has 1 amide bonds. The molecule has 0 saturated heterocycles. The van der Waals surface area contributed by atoms with Crippen LogP contribution in [0.15, 0.2) is 12.1 Å². The van der Waals surface area contributed by atoms with E-state index in [-0.39, 0.29) is 11.6 Å². The van der Waals surface area contributed by atoms with Crippen LogP contribution in [0.2, 0.25) is 0 Å². The number of nitrogens with zero attached hydrogens (tertiary/aromatic N) is 5. The lowest BCUT2D eigenvalue weighted by molar-refractivity contribution is -0.129. The number of aromatic nitrogens is 4. The average molecular weight is 524 g/mol. The summed E-state index contributed by atoms with van der Waals surface area (Å²) in [6.07, 6.45) is 9.20. The molecule has 0 unspecified atom stereocenters. The first-order chi connectivity index (χ1) is 18.0. The van der Waals surface area contributed by atoms with Gasteiger partial charge in [-0.25, -0.2) is 4.79 Å².